The van der Waals surface area contributed by atoms with Crippen molar-refractivity contribution in [2.75, 3.05) is 6.61 Å². The Hall–Kier alpha value is -3.28. The van der Waals surface area contributed by atoms with Gasteiger partial charge in [-0.3, -0.25) is 9.69 Å². The maximum absolute atomic E-state index is 13.9. The molecular weight excluding hydrogens is 525 g/mol. The predicted molar refractivity (Wildman–Crippen MR) is 161 cm³/mol. The summed E-state index contributed by atoms with van der Waals surface area (Å²) in [7, 11) is 0. The highest BCUT2D eigenvalue weighted by Crippen LogP contribution is 2.40. The minimum Gasteiger partial charge on any atom is -0.494 e. The van der Waals surface area contributed by atoms with Gasteiger partial charge in [-0.15, -0.1) is 11.3 Å². The Labute approximate surface area is 239 Å². The van der Waals surface area contributed by atoms with Gasteiger partial charge in [-0.2, -0.15) is 5.26 Å². The van der Waals surface area contributed by atoms with Crippen LogP contribution in [0.25, 0.3) is 11.1 Å². The Morgan fingerprint density at radius 3 is 2.51 bits per heavy atom. The first-order valence-corrected chi connectivity index (χ1v) is 15.2. The molecule has 3 heterocycles. The highest BCUT2D eigenvalue weighted by atomic mass is 32.2. The molecule has 8 heteroatoms. The van der Waals surface area contributed by atoms with Crippen molar-refractivity contribution < 1.29 is 9.53 Å². The zero-order valence-corrected chi connectivity index (χ0v) is 24.8. The highest BCUT2D eigenvalue weighted by Gasteiger charge is 2.39. The lowest BCUT2D eigenvalue weighted by molar-refractivity contribution is -0.124. The van der Waals surface area contributed by atoms with E-state index in [4.69, 9.17) is 9.73 Å². The van der Waals surface area contributed by atoms with Crippen LogP contribution in [0.3, 0.4) is 0 Å². The van der Waals surface area contributed by atoms with Crippen LogP contribution in [0, 0.1) is 39.0 Å². The van der Waals surface area contributed by atoms with Crippen molar-refractivity contribution in [1.29, 1.82) is 5.26 Å². The van der Waals surface area contributed by atoms with E-state index in [-0.39, 0.29) is 11.9 Å². The second-order valence-corrected chi connectivity index (χ2v) is 12.3. The number of hydrogen-bond donors (Lipinski definition) is 0. The first-order chi connectivity index (χ1) is 18.8. The van der Waals surface area contributed by atoms with Crippen LogP contribution in [0.5, 0.6) is 5.75 Å². The second-order valence-electron chi connectivity index (χ2n) is 10.1. The van der Waals surface area contributed by atoms with E-state index in [1.165, 1.54) is 18.2 Å². The molecule has 0 N–H and O–H groups in total. The molecule has 0 atom stereocenters. The number of amides is 1. The molecule has 1 saturated heterocycles. The predicted octanol–water partition coefficient (Wildman–Crippen LogP) is 7.98. The first kappa shape index (κ1) is 27.3. The van der Waals surface area contributed by atoms with Crippen LogP contribution >= 0.6 is 23.1 Å². The standard InChI is InChI=1S/C31H34N4O2S2/c1-6-37-26-14-12-24(13-15-26)33-31-35(25-10-8-7-9-11-25)29(36)28(39-31)17-23-16-19(2)34(21(23)4)30-27(18-32)20(3)22(5)38-30/h12-17,25H,6-11H2,1-5H3/b28-17-,33-31?. The number of aliphatic imine (C=N–C) groups is 1. The fourth-order valence-electron chi connectivity index (χ4n) is 5.41. The number of thiophene rings is 1. The Balaban J connectivity index is 1.52. The quantitative estimate of drug-likeness (QED) is 0.288. The van der Waals surface area contributed by atoms with E-state index >= 15 is 0 Å². The molecule has 202 valence electrons. The van der Waals surface area contributed by atoms with Gasteiger partial charge in [0.25, 0.3) is 5.91 Å². The van der Waals surface area contributed by atoms with Crippen LogP contribution in [-0.2, 0) is 4.79 Å². The van der Waals surface area contributed by atoms with Gasteiger partial charge >= 0.3 is 0 Å². The summed E-state index contributed by atoms with van der Waals surface area (Å²) in [5, 5.41) is 11.5. The van der Waals surface area contributed by atoms with Crippen LogP contribution in [0.2, 0.25) is 0 Å². The number of thioether (sulfide) groups is 1. The van der Waals surface area contributed by atoms with Gasteiger partial charge in [-0.25, -0.2) is 4.99 Å². The molecule has 2 fully saturated rings. The third-order valence-corrected chi connectivity index (χ3v) is 9.76. The number of nitriles is 1. The van der Waals surface area contributed by atoms with Gasteiger partial charge in [0.15, 0.2) is 5.17 Å². The number of ether oxygens (including phenoxy) is 1. The lowest BCUT2D eigenvalue weighted by Gasteiger charge is -2.30. The van der Waals surface area contributed by atoms with Crippen LogP contribution in [0.1, 0.15) is 72.0 Å². The summed E-state index contributed by atoms with van der Waals surface area (Å²) < 4.78 is 7.72. The van der Waals surface area contributed by atoms with E-state index in [9.17, 15) is 10.1 Å². The molecule has 2 aliphatic rings. The van der Waals surface area contributed by atoms with Gasteiger partial charge in [0.1, 0.15) is 16.8 Å². The molecule has 5 rings (SSSR count). The summed E-state index contributed by atoms with van der Waals surface area (Å²) in [5.74, 6) is 0.842. The minimum absolute atomic E-state index is 0.0296. The summed E-state index contributed by atoms with van der Waals surface area (Å²) >= 11 is 3.10. The average Bonchev–Trinajstić information content (AvgIpc) is 3.50. The highest BCUT2D eigenvalue weighted by molar-refractivity contribution is 8.18. The number of amidine groups is 1. The van der Waals surface area contributed by atoms with E-state index in [0.717, 1.165) is 80.2 Å². The van der Waals surface area contributed by atoms with E-state index in [0.29, 0.717) is 11.5 Å². The van der Waals surface area contributed by atoms with Crippen LogP contribution in [0.15, 0.2) is 40.2 Å². The lowest BCUT2D eigenvalue weighted by atomic mass is 9.94. The molecule has 2 aromatic heterocycles. The van der Waals surface area contributed by atoms with Crippen molar-refractivity contribution in [1.82, 2.24) is 9.47 Å². The van der Waals surface area contributed by atoms with Gasteiger partial charge in [0.2, 0.25) is 0 Å². The molecule has 0 radical (unpaired) electrons. The van der Waals surface area contributed by atoms with E-state index in [1.54, 1.807) is 11.3 Å². The number of hydrogen-bond acceptors (Lipinski definition) is 6. The number of rotatable bonds is 6. The molecule has 0 spiro atoms. The van der Waals surface area contributed by atoms with Crippen LogP contribution in [-0.4, -0.2) is 33.2 Å². The molecule has 1 saturated carbocycles. The molecular formula is C31H34N4O2S2. The average molecular weight is 559 g/mol. The summed E-state index contributed by atoms with van der Waals surface area (Å²) in [6, 6.07) is 12.4. The van der Waals surface area contributed by atoms with Crippen molar-refractivity contribution in [2.24, 2.45) is 4.99 Å². The number of aromatic nitrogens is 1. The monoisotopic (exact) mass is 558 g/mol. The van der Waals surface area contributed by atoms with Crippen LogP contribution < -0.4 is 4.74 Å². The molecule has 1 aromatic carbocycles. The fourth-order valence-corrected chi connectivity index (χ4v) is 7.67. The number of nitrogens with zero attached hydrogens (tertiary/aromatic N) is 4. The van der Waals surface area contributed by atoms with E-state index in [1.807, 2.05) is 49.1 Å². The number of aryl methyl sites for hydroxylation is 2. The fraction of sp³-hybridized carbons (Fsp3) is 0.387. The zero-order chi connectivity index (χ0) is 27.7. The number of carbonyl (C=O) groups excluding carboxylic acids is 1. The molecule has 3 aromatic rings. The van der Waals surface area contributed by atoms with Gasteiger partial charge in [-0.05, 0) is 107 Å². The molecule has 6 nitrogen and oxygen atoms in total. The lowest BCUT2D eigenvalue weighted by Crippen LogP contribution is -2.40. The molecule has 1 amide bonds. The number of benzene rings is 1. The normalized spacial score (nSPS) is 18.4. The Morgan fingerprint density at radius 1 is 1.13 bits per heavy atom. The maximum atomic E-state index is 13.9. The van der Waals surface area contributed by atoms with Crippen molar-refractivity contribution >= 4 is 45.9 Å². The van der Waals surface area contributed by atoms with Crippen molar-refractivity contribution in [3.05, 3.63) is 68.2 Å². The van der Waals surface area contributed by atoms with Crippen molar-refractivity contribution in [3.8, 4) is 16.8 Å². The maximum Gasteiger partial charge on any atom is 0.267 e. The molecule has 0 bridgehead atoms. The Kier molecular flexibility index (Phi) is 8.01. The summed E-state index contributed by atoms with van der Waals surface area (Å²) in [6.07, 6.45) is 7.50. The van der Waals surface area contributed by atoms with Crippen molar-refractivity contribution in [3.63, 3.8) is 0 Å². The Morgan fingerprint density at radius 2 is 1.85 bits per heavy atom. The zero-order valence-electron chi connectivity index (χ0n) is 23.2. The van der Waals surface area contributed by atoms with Gasteiger partial charge < -0.3 is 9.30 Å². The first-order valence-electron chi connectivity index (χ1n) is 13.6. The van der Waals surface area contributed by atoms with Gasteiger partial charge in [-0.1, -0.05) is 19.3 Å². The smallest absolute Gasteiger partial charge is 0.267 e. The van der Waals surface area contributed by atoms with Gasteiger partial charge in [0, 0.05) is 22.3 Å². The SMILES string of the molecule is CCOc1ccc(N=C2S/C(=C\c3cc(C)n(-c4sc(C)c(C)c4C#N)c3C)C(=O)N2C2CCCCC2)cc1. The molecule has 1 aliphatic heterocycles. The third kappa shape index (κ3) is 5.30. The molecule has 1 aliphatic carbocycles. The number of carbonyl (C=O) groups is 1. The molecule has 39 heavy (non-hydrogen) atoms. The second kappa shape index (κ2) is 11.4. The summed E-state index contributed by atoms with van der Waals surface area (Å²) in [5.41, 5.74) is 5.61. The van der Waals surface area contributed by atoms with Crippen molar-refractivity contribution in [2.45, 2.75) is 72.8 Å². The molecule has 0 unspecified atom stereocenters. The Bertz CT molecular complexity index is 1500. The summed E-state index contributed by atoms with van der Waals surface area (Å²) in [4.78, 5) is 22.6. The minimum atomic E-state index is 0.0296. The van der Waals surface area contributed by atoms with Crippen LogP contribution in [0.4, 0.5) is 5.69 Å². The largest absolute Gasteiger partial charge is 0.494 e. The third-order valence-electron chi connectivity index (χ3n) is 7.59. The van der Waals surface area contributed by atoms with E-state index < -0.39 is 0 Å². The van der Waals surface area contributed by atoms with Gasteiger partial charge in [0.05, 0.1) is 22.8 Å². The van der Waals surface area contributed by atoms with E-state index in [2.05, 4.69) is 37.5 Å². The topological polar surface area (TPSA) is 70.6 Å². The summed E-state index contributed by atoms with van der Waals surface area (Å²) in [6.45, 7) is 10.8.